The van der Waals surface area contributed by atoms with Gasteiger partial charge in [-0.2, -0.15) is 0 Å². The maximum atomic E-state index is 13.5. The molecule has 37 heavy (non-hydrogen) atoms. The lowest BCUT2D eigenvalue weighted by Crippen LogP contribution is -2.29. The van der Waals surface area contributed by atoms with Gasteiger partial charge in [0.1, 0.15) is 23.0 Å². The van der Waals surface area contributed by atoms with E-state index in [1.807, 2.05) is 37.3 Å². The molecule has 0 aliphatic carbocycles. The van der Waals surface area contributed by atoms with Crippen LogP contribution in [0, 0.1) is 12.8 Å². The molecule has 3 aromatic carbocycles. The normalized spacial score (nSPS) is 16.8. The minimum atomic E-state index is -0.878. The summed E-state index contributed by atoms with van der Waals surface area (Å²) < 4.78 is 16.6. The van der Waals surface area contributed by atoms with Crippen molar-refractivity contribution in [3.05, 3.63) is 89.0 Å². The lowest BCUT2D eigenvalue weighted by atomic mass is 9.94. The Labute approximate surface area is 216 Å². The van der Waals surface area contributed by atoms with E-state index in [-0.39, 0.29) is 16.9 Å². The molecule has 1 aliphatic heterocycles. The zero-order valence-corrected chi connectivity index (χ0v) is 21.6. The first-order valence-electron chi connectivity index (χ1n) is 12.1. The molecular weight excluding hydrogens is 470 g/mol. The van der Waals surface area contributed by atoms with E-state index in [0.717, 1.165) is 5.56 Å². The lowest BCUT2D eigenvalue weighted by molar-refractivity contribution is -0.132. The van der Waals surface area contributed by atoms with Gasteiger partial charge < -0.3 is 19.3 Å². The molecule has 1 heterocycles. The number of ketones is 1. The number of anilines is 1. The van der Waals surface area contributed by atoms with Crippen LogP contribution in [0.25, 0.3) is 5.76 Å². The Hall–Kier alpha value is -4.26. The monoisotopic (exact) mass is 501 g/mol. The summed E-state index contributed by atoms with van der Waals surface area (Å²) in [5.74, 6) is -0.0601. The third kappa shape index (κ3) is 5.16. The Kier molecular flexibility index (Phi) is 7.53. The first-order chi connectivity index (χ1) is 17.7. The van der Waals surface area contributed by atoms with E-state index in [1.165, 1.54) is 19.1 Å². The Morgan fingerprint density at radius 3 is 2.32 bits per heavy atom. The van der Waals surface area contributed by atoms with Gasteiger partial charge in [-0.05, 0) is 54.8 Å². The molecular formula is C30H31NO6. The fourth-order valence-electron chi connectivity index (χ4n) is 4.30. The highest BCUT2D eigenvalue weighted by Crippen LogP contribution is 2.44. The van der Waals surface area contributed by atoms with Crippen LogP contribution in [0.5, 0.6) is 17.2 Å². The van der Waals surface area contributed by atoms with Crippen LogP contribution in [0.2, 0.25) is 0 Å². The molecule has 1 amide bonds. The van der Waals surface area contributed by atoms with Crippen LogP contribution in [0.4, 0.5) is 5.69 Å². The van der Waals surface area contributed by atoms with Crippen molar-refractivity contribution in [2.75, 3.05) is 25.7 Å². The van der Waals surface area contributed by atoms with Crippen molar-refractivity contribution in [1.29, 1.82) is 0 Å². The molecule has 0 aromatic heterocycles. The number of aryl methyl sites for hydroxylation is 1. The van der Waals surface area contributed by atoms with Gasteiger partial charge in [-0.25, -0.2) is 0 Å². The molecule has 1 unspecified atom stereocenters. The van der Waals surface area contributed by atoms with Crippen LogP contribution >= 0.6 is 0 Å². The Bertz CT molecular complexity index is 1340. The molecule has 192 valence electrons. The molecule has 1 fully saturated rings. The number of benzene rings is 3. The fourth-order valence-corrected chi connectivity index (χ4v) is 4.30. The number of aliphatic hydroxyl groups excluding tert-OH is 1. The highest BCUT2D eigenvalue weighted by Gasteiger charge is 2.47. The van der Waals surface area contributed by atoms with Crippen molar-refractivity contribution in [1.82, 2.24) is 0 Å². The molecule has 0 saturated carbocycles. The highest BCUT2D eigenvalue weighted by atomic mass is 16.5. The van der Waals surface area contributed by atoms with Gasteiger partial charge in [0.25, 0.3) is 11.7 Å². The molecule has 1 N–H and O–H groups in total. The number of hydrogen-bond acceptors (Lipinski definition) is 6. The van der Waals surface area contributed by atoms with Gasteiger partial charge >= 0.3 is 0 Å². The first-order valence-corrected chi connectivity index (χ1v) is 12.1. The summed E-state index contributed by atoms with van der Waals surface area (Å²) >= 11 is 0. The van der Waals surface area contributed by atoms with Crippen LogP contribution in [0.3, 0.4) is 0 Å². The summed E-state index contributed by atoms with van der Waals surface area (Å²) in [6, 6.07) is 18.6. The number of carbonyl (C=O) groups is 2. The third-order valence-corrected chi connectivity index (χ3v) is 6.18. The standard InChI is InChI=1S/C30H31NO6/c1-18(2)17-37-23-8-6-7-20(15-23)27-26(28(32)24-14-13-22(35-4)16-25(24)36-5)29(33)30(34)31(27)21-11-9-19(3)10-12-21/h6-16,18,27,32H,17H2,1-5H3/b28-26+. The van der Waals surface area contributed by atoms with Crippen LogP contribution in [-0.2, 0) is 9.59 Å². The topological polar surface area (TPSA) is 85.3 Å². The summed E-state index contributed by atoms with van der Waals surface area (Å²) in [4.78, 5) is 28.3. The quantitative estimate of drug-likeness (QED) is 0.243. The van der Waals surface area contributed by atoms with E-state index in [1.54, 1.807) is 36.4 Å². The van der Waals surface area contributed by atoms with Crippen molar-refractivity contribution in [3.8, 4) is 17.2 Å². The number of nitrogens with zero attached hydrogens (tertiary/aromatic N) is 1. The van der Waals surface area contributed by atoms with Gasteiger partial charge in [-0.15, -0.1) is 0 Å². The summed E-state index contributed by atoms with van der Waals surface area (Å²) in [6.45, 7) is 6.57. The van der Waals surface area contributed by atoms with Crippen molar-refractivity contribution in [2.24, 2.45) is 5.92 Å². The summed E-state index contributed by atoms with van der Waals surface area (Å²) in [5, 5.41) is 11.5. The Balaban J connectivity index is 1.92. The Morgan fingerprint density at radius 1 is 0.946 bits per heavy atom. The van der Waals surface area contributed by atoms with Crippen LogP contribution in [-0.4, -0.2) is 37.6 Å². The van der Waals surface area contributed by atoms with Crippen molar-refractivity contribution in [2.45, 2.75) is 26.8 Å². The van der Waals surface area contributed by atoms with E-state index >= 15 is 0 Å². The van der Waals surface area contributed by atoms with Crippen LogP contribution in [0.15, 0.2) is 72.3 Å². The van der Waals surface area contributed by atoms with Gasteiger partial charge in [0.2, 0.25) is 0 Å². The second-order valence-corrected chi connectivity index (χ2v) is 9.35. The zero-order valence-electron chi connectivity index (χ0n) is 21.6. The molecule has 0 spiro atoms. The van der Waals surface area contributed by atoms with Crippen molar-refractivity contribution in [3.63, 3.8) is 0 Å². The van der Waals surface area contributed by atoms with E-state index < -0.39 is 17.7 Å². The van der Waals surface area contributed by atoms with E-state index in [2.05, 4.69) is 13.8 Å². The summed E-state index contributed by atoms with van der Waals surface area (Å²) in [6.07, 6.45) is 0. The predicted molar refractivity (Wildman–Crippen MR) is 142 cm³/mol. The number of Topliss-reactive ketones (excluding diaryl/α,β-unsaturated/α-hetero) is 1. The number of rotatable bonds is 8. The zero-order chi connectivity index (χ0) is 26.7. The number of amides is 1. The minimum absolute atomic E-state index is 0.0324. The second kappa shape index (κ2) is 10.8. The van der Waals surface area contributed by atoms with Gasteiger partial charge in [-0.1, -0.05) is 43.7 Å². The van der Waals surface area contributed by atoms with Gasteiger partial charge in [0, 0.05) is 11.8 Å². The third-order valence-electron chi connectivity index (χ3n) is 6.18. The largest absolute Gasteiger partial charge is 0.507 e. The molecule has 7 nitrogen and oxygen atoms in total. The van der Waals surface area contributed by atoms with E-state index in [9.17, 15) is 14.7 Å². The lowest BCUT2D eigenvalue weighted by Gasteiger charge is -2.26. The molecule has 0 radical (unpaired) electrons. The van der Waals surface area contributed by atoms with Crippen molar-refractivity contribution < 1.29 is 28.9 Å². The van der Waals surface area contributed by atoms with E-state index in [0.29, 0.717) is 41.0 Å². The van der Waals surface area contributed by atoms with Crippen molar-refractivity contribution >= 4 is 23.1 Å². The predicted octanol–water partition coefficient (Wildman–Crippen LogP) is 5.67. The highest BCUT2D eigenvalue weighted by molar-refractivity contribution is 6.51. The number of aliphatic hydroxyl groups is 1. The Morgan fingerprint density at radius 2 is 1.68 bits per heavy atom. The summed E-state index contributed by atoms with van der Waals surface area (Å²) in [7, 11) is 2.99. The van der Waals surface area contributed by atoms with Gasteiger partial charge in [0.15, 0.2) is 0 Å². The molecule has 3 aromatic rings. The number of carbonyl (C=O) groups excluding carboxylic acids is 2. The van der Waals surface area contributed by atoms with Gasteiger partial charge in [-0.3, -0.25) is 14.5 Å². The number of hydrogen-bond donors (Lipinski definition) is 1. The molecule has 1 saturated heterocycles. The molecule has 1 atom stereocenters. The fraction of sp³-hybridized carbons (Fsp3) is 0.267. The first kappa shape index (κ1) is 25.8. The van der Waals surface area contributed by atoms with Crippen LogP contribution < -0.4 is 19.1 Å². The average molecular weight is 502 g/mol. The second-order valence-electron chi connectivity index (χ2n) is 9.35. The molecule has 4 rings (SSSR count). The smallest absolute Gasteiger partial charge is 0.300 e. The molecule has 7 heteroatoms. The average Bonchev–Trinajstić information content (AvgIpc) is 3.17. The van der Waals surface area contributed by atoms with Crippen LogP contribution in [0.1, 0.15) is 36.6 Å². The maximum Gasteiger partial charge on any atom is 0.300 e. The number of ether oxygens (including phenoxy) is 3. The van der Waals surface area contributed by atoms with Gasteiger partial charge in [0.05, 0.1) is 38.0 Å². The molecule has 1 aliphatic rings. The minimum Gasteiger partial charge on any atom is -0.507 e. The number of methoxy groups -OCH3 is 2. The molecule has 0 bridgehead atoms. The SMILES string of the molecule is COc1ccc(/C(O)=C2\C(=O)C(=O)N(c3ccc(C)cc3)C2c2cccc(OCC(C)C)c2)c(OC)c1. The van der Waals surface area contributed by atoms with E-state index in [4.69, 9.17) is 14.2 Å². The summed E-state index contributed by atoms with van der Waals surface area (Å²) in [5.41, 5.74) is 2.45. The maximum absolute atomic E-state index is 13.5.